The molecule has 0 spiro atoms. The Bertz CT molecular complexity index is 615. The summed E-state index contributed by atoms with van der Waals surface area (Å²) in [6, 6.07) is 0.472. The molecule has 0 aliphatic heterocycles. The third-order valence-corrected chi connectivity index (χ3v) is 5.08. The monoisotopic (exact) mass is 275 g/mol. The predicted molar refractivity (Wildman–Crippen MR) is 82.3 cm³/mol. The molecule has 0 saturated heterocycles. The number of thiophene rings is 1. The molecule has 0 unspecified atom stereocenters. The Kier molecular flexibility index (Phi) is 3.21. The summed E-state index contributed by atoms with van der Waals surface area (Å²) in [4.78, 5) is 14.5. The first kappa shape index (κ1) is 12.9. The zero-order chi connectivity index (χ0) is 13.6. The SMILES string of the molecule is CCN(c1nc(C)nc2sc3c(c12)CCC3)C(C)C. The van der Waals surface area contributed by atoms with Gasteiger partial charge in [-0.15, -0.1) is 11.3 Å². The molecule has 0 N–H and O–H groups in total. The summed E-state index contributed by atoms with van der Waals surface area (Å²) >= 11 is 1.88. The van der Waals surface area contributed by atoms with Gasteiger partial charge in [-0.3, -0.25) is 0 Å². The molecule has 3 rings (SSSR count). The number of hydrogen-bond donors (Lipinski definition) is 0. The van der Waals surface area contributed by atoms with Crippen LogP contribution in [0.5, 0.6) is 0 Å². The van der Waals surface area contributed by atoms with Crippen LogP contribution < -0.4 is 4.90 Å². The van der Waals surface area contributed by atoms with E-state index in [-0.39, 0.29) is 0 Å². The minimum atomic E-state index is 0.472. The van der Waals surface area contributed by atoms with Gasteiger partial charge in [0.05, 0.1) is 5.39 Å². The smallest absolute Gasteiger partial charge is 0.141 e. The third kappa shape index (κ3) is 2.02. The van der Waals surface area contributed by atoms with Crippen LogP contribution >= 0.6 is 11.3 Å². The minimum absolute atomic E-state index is 0.472. The lowest BCUT2D eigenvalue weighted by Gasteiger charge is -2.27. The highest BCUT2D eigenvalue weighted by Gasteiger charge is 2.24. The first-order valence-corrected chi connectivity index (χ1v) is 7.99. The van der Waals surface area contributed by atoms with Crippen LogP contribution in [0.1, 0.15) is 43.5 Å². The summed E-state index contributed by atoms with van der Waals surface area (Å²) in [5.74, 6) is 2.04. The molecule has 0 atom stereocenters. The van der Waals surface area contributed by atoms with Crippen molar-refractivity contribution in [2.75, 3.05) is 11.4 Å². The van der Waals surface area contributed by atoms with E-state index in [0.29, 0.717) is 6.04 Å². The maximum atomic E-state index is 4.76. The van der Waals surface area contributed by atoms with Gasteiger partial charge >= 0.3 is 0 Å². The van der Waals surface area contributed by atoms with E-state index in [2.05, 4.69) is 30.7 Å². The Morgan fingerprint density at radius 1 is 1.26 bits per heavy atom. The summed E-state index contributed by atoms with van der Waals surface area (Å²) in [7, 11) is 0. The molecule has 19 heavy (non-hydrogen) atoms. The molecule has 102 valence electrons. The van der Waals surface area contributed by atoms with Crippen LogP contribution in [0.2, 0.25) is 0 Å². The topological polar surface area (TPSA) is 29.0 Å². The van der Waals surface area contributed by atoms with Gasteiger partial charge in [0.2, 0.25) is 0 Å². The van der Waals surface area contributed by atoms with Crippen LogP contribution in [-0.4, -0.2) is 22.6 Å². The van der Waals surface area contributed by atoms with Gasteiger partial charge in [0, 0.05) is 17.5 Å². The molecule has 2 heterocycles. The quantitative estimate of drug-likeness (QED) is 0.855. The Balaban J connectivity index is 2.27. The van der Waals surface area contributed by atoms with E-state index >= 15 is 0 Å². The molecule has 3 nitrogen and oxygen atoms in total. The summed E-state index contributed by atoms with van der Waals surface area (Å²) in [5.41, 5.74) is 1.52. The van der Waals surface area contributed by atoms with Crippen LogP contribution in [0.3, 0.4) is 0 Å². The Labute approximate surface area is 118 Å². The van der Waals surface area contributed by atoms with E-state index in [9.17, 15) is 0 Å². The van der Waals surface area contributed by atoms with Crippen molar-refractivity contribution in [1.29, 1.82) is 0 Å². The molecule has 0 bridgehead atoms. The zero-order valence-electron chi connectivity index (χ0n) is 12.2. The average molecular weight is 275 g/mol. The molecule has 0 fully saturated rings. The van der Waals surface area contributed by atoms with Crippen molar-refractivity contribution in [3.8, 4) is 0 Å². The fraction of sp³-hybridized carbons (Fsp3) is 0.600. The summed E-state index contributed by atoms with van der Waals surface area (Å²) in [6.45, 7) is 9.67. The molecular formula is C15H21N3S. The molecule has 0 saturated carbocycles. The average Bonchev–Trinajstić information content (AvgIpc) is 2.88. The molecule has 1 aliphatic carbocycles. The van der Waals surface area contributed by atoms with Crippen LogP contribution in [0.4, 0.5) is 5.82 Å². The minimum Gasteiger partial charge on any atom is -0.354 e. The molecular weight excluding hydrogens is 254 g/mol. The normalized spacial score (nSPS) is 14.4. The zero-order valence-corrected chi connectivity index (χ0v) is 13.0. The lowest BCUT2D eigenvalue weighted by molar-refractivity contribution is 0.694. The van der Waals surface area contributed by atoms with Crippen LogP contribution in [0, 0.1) is 6.92 Å². The number of anilines is 1. The maximum absolute atomic E-state index is 4.76. The maximum Gasteiger partial charge on any atom is 0.141 e. The first-order valence-electron chi connectivity index (χ1n) is 7.17. The highest BCUT2D eigenvalue weighted by molar-refractivity contribution is 7.19. The number of aryl methyl sites for hydroxylation is 3. The lowest BCUT2D eigenvalue weighted by Crippen LogP contribution is -2.31. The van der Waals surface area contributed by atoms with Crippen molar-refractivity contribution in [2.24, 2.45) is 0 Å². The van der Waals surface area contributed by atoms with Crippen molar-refractivity contribution in [1.82, 2.24) is 9.97 Å². The summed E-state index contributed by atoms with van der Waals surface area (Å²) < 4.78 is 0. The van der Waals surface area contributed by atoms with Crippen LogP contribution in [0.25, 0.3) is 10.2 Å². The molecule has 2 aromatic rings. The summed E-state index contributed by atoms with van der Waals surface area (Å²) in [6.07, 6.45) is 3.71. The van der Waals surface area contributed by atoms with E-state index in [0.717, 1.165) is 18.2 Å². The third-order valence-electron chi connectivity index (χ3n) is 3.89. The van der Waals surface area contributed by atoms with Crippen molar-refractivity contribution in [3.63, 3.8) is 0 Å². The van der Waals surface area contributed by atoms with Crippen molar-refractivity contribution in [3.05, 3.63) is 16.3 Å². The molecule has 0 amide bonds. The Morgan fingerprint density at radius 2 is 2.05 bits per heavy atom. The number of nitrogens with zero attached hydrogens (tertiary/aromatic N) is 3. The van der Waals surface area contributed by atoms with Gasteiger partial charge < -0.3 is 4.90 Å². The fourth-order valence-electron chi connectivity index (χ4n) is 3.05. The number of hydrogen-bond acceptors (Lipinski definition) is 4. The number of rotatable bonds is 3. The lowest BCUT2D eigenvalue weighted by atomic mass is 10.1. The Hall–Kier alpha value is -1.16. The van der Waals surface area contributed by atoms with Gasteiger partial charge in [-0.25, -0.2) is 9.97 Å². The van der Waals surface area contributed by atoms with Crippen molar-refractivity contribution < 1.29 is 0 Å². The molecule has 0 aromatic carbocycles. The fourth-order valence-corrected chi connectivity index (χ4v) is 4.35. The summed E-state index contributed by atoms with van der Waals surface area (Å²) in [5, 5.41) is 1.33. The van der Waals surface area contributed by atoms with E-state index < -0.39 is 0 Å². The predicted octanol–water partition coefficient (Wildman–Crippen LogP) is 3.72. The van der Waals surface area contributed by atoms with Crippen LogP contribution in [0.15, 0.2) is 0 Å². The second-order valence-electron chi connectivity index (χ2n) is 5.51. The highest BCUT2D eigenvalue weighted by Crippen LogP contribution is 2.40. The molecule has 1 aliphatic rings. The van der Waals surface area contributed by atoms with E-state index in [1.54, 1.807) is 0 Å². The second-order valence-corrected chi connectivity index (χ2v) is 6.60. The second kappa shape index (κ2) is 4.75. The molecule has 0 radical (unpaired) electrons. The van der Waals surface area contributed by atoms with Gasteiger partial charge in [0.25, 0.3) is 0 Å². The van der Waals surface area contributed by atoms with Gasteiger partial charge in [0.15, 0.2) is 0 Å². The van der Waals surface area contributed by atoms with Gasteiger partial charge in [-0.05, 0) is 52.5 Å². The first-order chi connectivity index (χ1) is 9.11. The van der Waals surface area contributed by atoms with Gasteiger partial charge in [-0.1, -0.05) is 0 Å². The van der Waals surface area contributed by atoms with E-state index in [1.165, 1.54) is 39.9 Å². The standard InChI is InChI=1S/C15H21N3S/c1-5-18(9(2)3)14-13-11-7-6-8-12(11)19-15(13)17-10(4)16-14/h9H,5-8H2,1-4H3. The largest absolute Gasteiger partial charge is 0.354 e. The van der Waals surface area contributed by atoms with E-state index in [1.807, 2.05) is 18.3 Å². The van der Waals surface area contributed by atoms with Gasteiger partial charge in [0.1, 0.15) is 16.5 Å². The molecule has 2 aromatic heterocycles. The van der Waals surface area contributed by atoms with Crippen molar-refractivity contribution in [2.45, 2.75) is 53.0 Å². The Morgan fingerprint density at radius 3 is 2.74 bits per heavy atom. The van der Waals surface area contributed by atoms with Gasteiger partial charge in [-0.2, -0.15) is 0 Å². The van der Waals surface area contributed by atoms with Crippen molar-refractivity contribution >= 4 is 27.4 Å². The number of aromatic nitrogens is 2. The highest BCUT2D eigenvalue weighted by atomic mass is 32.1. The number of fused-ring (bicyclic) bond motifs is 3. The van der Waals surface area contributed by atoms with E-state index in [4.69, 9.17) is 4.98 Å². The van der Waals surface area contributed by atoms with Crippen LogP contribution in [-0.2, 0) is 12.8 Å². The molecule has 4 heteroatoms.